The van der Waals surface area contributed by atoms with Crippen molar-refractivity contribution in [2.45, 2.75) is 52.5 Å². The van der Waals surface area contributed by atoms with Gasteiger partial charge in [0.05, 0.1) is 17.2 Å². The first-order valence-corrected chi connectivity index (χ1v) is 7.80. The molecule has 0 radical (unpaired) electrons. The van der Waals surface area contributed by atoms with Crippen molar-refractivity contribution in [3.63, 3.8) is 0 Å². The normalized spacial score (nSPS) is 10.9. The average molecular weight is 284 g/mol. The monoisotopic (exact) mass is 284 g/mol. The highest BCUT2D eigenvalue weighted by atomic mass is 32.1. The van der Waals surface area contributed by atoms with Gasteiger partial charge in [0.15, 0.2) is 0 Å². The zero-order valence-electron chi connectivity index (χ0n) is 12.1. The molecule has 0 bridgehead atoms. The highest BCUT2D eigenvalue weighted by Crippen LogP contribution is 2.18. The topological polar surface area (TPSA) is 51.2 Å². The number of hydrogen-bond acceptors (Lipinski definition) is 4. The van der Waals surface area contributed by atoms with Crippen molar-refractivity contribution in [2.75, 3.05) is 13.2 Å². The minimum Gasteiger partial charge on any atom is -0.372 e. The standard InChI is InChI=1S/C14H24N2O2S/c1-4-5-6-7-18-9-13(17)15-8-12-10-19-14(16-12)11(2)3/h10-11H,4-9H2,1-3H3,(H,15,17). The molecule has 1 heterocycles. The number of ether oxygens (including phenoxy) is 1. The van der Waals surface area contributed by atoms with Crippen LogP contribution in [0.3, 0.4) is 0 Å². The maximum absolute atomic E-state index is 11.5. The lowest BCUT2D eigenvalue weighted by Crippen LogP contribution is -2.27. The Morgan fingerprint density at radius 2 is 2.26 bits per heavy atom. The van der Waals surface area contributed by atoms with Gasteiger partial charge in [-0.3, -0.25) is 4.79 Å². The summed E-state index contributed by atoms with van der Waals surface area (Å²) >= 11 is 1.64. The number of aromatic nitrogens is 1. The number of nitrogens with one attached hydrogen (secondary N) is 1. The minimum absolute atomic E-state index is 0.0735. The van der Waals surface area contributed by atoms with Crippen molar-refractivity contribution in [3.05, 3.63) is 16.1 Å². The van der Waals surface area contributed by atoms with Crippen LogP contribution in [0.25, 0.3) is 0 Å². The summed E-state index contributed by atoms with van der Waals surface area (Å²) in [5.74, 6) is 0.368. The summed E-state index contributed by atoms with van der Waals surface area (Å²) in [5.41, 5.74) is 0.924. The fourth-order valence-electron chi connectivity index (χ4n) is 1.53. The van der Waals surface area contributed by atoms with Crippen molar-refractivity contribution < 1.29 is 9.53 Å². The Balaban J connectivity index is 2.15. The maximum atomic E-state index is 11.5. The summed E-state index contributed by atoms with van der Waals surface area (Å²) in [5, 5.41) is 5.93. The summed E-state index contributed by atoms with van der Waals surface area (Å²) in [4.78, 5) is 16.0. The van der Waals surface area contributed by atoms with Gasteiger partial charge in [0.2, 0.25) is 5.91 Å². The second-order valence-electron chi connectivity index (χ2n) is 4.87. The molecule has 0 aromatic carbocycles. The lowest BCUT2D eigenvalue weighted by atomic mass is 10.2. The Hall–Kier alpha value is -0.940. The van der Waals surface area contributed by atoms with Gasteiger partial charge in [0, 0.05) is 17.9 Å². The second-order valence-corrected chi connectivity index (χ2v) is 5.76. The van der Waals surface area contributed by atoms with Gasteiger partial charge in [-0.15, -0.1) is 11.3 Å². The predicted octanol–water partition coefficient (Wildman–Crippen LogP) is 3.09. The Labute approximate surface area is 119 Å². The van der Waals surface area contributed by atoms with E-state index in [2.05, 4.69) is 31.1 Å². The largest absolute Gasteiger partial charge is 0.372 e. The van der Waals surface area contributed by atoms with Crippen LogP contribution >= 0.6 is 11.3 Å². The zero-order chi connectivity index (χ0) is 14.1. The molecule has 0 saturated carbocycles. The van der Waals surface area contributed by atoms with Crippen molar-refractivity contribution in [1.29, 1.82) is 0 Å². The van der Waals surface area contributed by atoms with Gasteiger partial charge in [-0.05, 0) is 6.42 Å². The number of thiazole rings is 1. The number of unbranched alkanes of at least 4 members (excludes halogenated alkanes) is 2. The Kier molecular flexibility index (Phi) is 7.67. The van der Waals surface area contributed by atoms with E-state index in [0.29, 0.717) is 19.1 Å². The lowest BCUT2D eigenvalue weighted by molar-refractivity contribution is -0.125. The van der Waals surface area contributed by atoms with Gasteiger partial charge in [-0.1, -0.05) is 33.6 Å². The van der Waals surface area contributed by atoms with Crippen LogP contribution in [0.2, 0.25) is 0 Å². The lowest BCUT2D eigenvalue weighted by Gasteiger charge is -2.04. The van der Waals surface area contributed by atoms with Crippen LogP contribution in [0.1, 0.15) is 56.7 Å². The van der Waals surface area contributed by atoms with E-state index < -0.39 is 0 Å². The van der Waals surface area contributed by atoms with Crippen molar-refractivity contribution in [3.8, 4) is 0 Å². The van der Waals surface area contributed by atoms with Crippen LogP contribution in [0.15, 0.2) is 5.38 Å². The fourth-order valence-corrected chi connectivity index (χ4v) is 2.36. The van der Waals surface area contributed by atoms with Crippen molar-refractivity contribution in [2.24, 2.45) is 0 Å². The Morgan fingerprint density at radius 1 is 1.47 bits per heavy atom. The van der Waals surface area contributed by atoms with Gasteiger partial charge in [0.1, 0.15) is 6.61 Å². The Morgan fingerprint density at radius 3 is 2.89 bits per heavy atom. The number of carbonyl (C=O) groups is 1. The van der Waals surface area contributed by atoms with Gasteiger partial charge in [-0.25, -0.2) is 4.98 Å². The van der Waals surface area contributed by atoms with Crippen LogP contribution < -0.4 is 5.32 Å². The van der Waals surface area contributed by atoms with E-state index in [1.54, 1.807) is 11.3 Å². The number of rotatable bonds is 9. The maximum Gasteiger partial charge on any atom is 0.246 e. The summed E-state index contributed by atoms with van der Waals surface area (Å²) in [6.45, 7) is 7.67. The molecule has 0 fully saturated rings. The molecule has 0 aliphatic rings. The minimum atomic E-state index is -0.0735. The highest BCUT2D eigenvalue weighted by Gasteiger charge is 2.07. The molecular weight excluding hydrogens is 260 g/mol. The van der Waals surface area contributed by atoms with Gasteiger partial charge >= 0.3 is 0 Å². The van der Waals surface area contributed by atoms with Crippen molar-refractivity contribution in [1.82, 2.24) is 10.3 Å². The van der Waals surface area contributed by atoms with Crippen LogP contribution in [0.4, 0.5) is 0 Å². The molecule has 0 aliphatic carbocycles. The summed E-state index contributed by atoms with van der Waals surface area (Å²) in [7, 11) is 0. The summed E-state index contributed by atoms with van der Waals surface area (Å²) in [6.07, 6.45) is 3.34. The van der Waals surface area contributed by atoms with E-state index in [1.165, 1.54) is 0 Å². The van der Waals surface area contributed by atoms with E-state index in [-0.39, 0.29) is 12.5 Å². The molecule has 0 atom stereocenters. The summed E-state index contributed by atoms with van der Waals surface area (Å²) in [6, 6.07) is 0. The first-order valence-electron chi connectivity index (χ1n) is 6.92. The molecular formula is C14H24N2O2S. The fraction of sp³-hybridized carbons (Fsp3) is 0.714. The molecule has 0 aliphatic heterocycles. The third-order valence-electron chi connectivity index (χ3n) is 2.66. The SMILES string of the molecule is CCCCCOCC(=O)NCc1csc(C(C)C)n1. The molecule has 0 spiro atoms. The van der Waals surface area contributed by atoms with Gasteiger partial charge < -0.3 is 10.1 Å². The third-order valence-corrected chi connectivity index (χ3v) is 3.85. The quantitative estimate of drug-likeness (QED) is 0.709. The van der Waals surface area contributed by atoms with E-state index >= 15 is 0 Å². The van der Waals surface area contributed by atoms with E-state index in [4.69, 9.17) is 4.74 Å². The molecule has 1 rings (SSSR count). The van der Waals surface area contributed by atoms with Crippen molar-refractivity contribution >= 4 is 17.2 Å². The first kappa shape index (κ1) is 16.1. The summed E-state index contributed by atoms with van der Waals surface area (Å²) < 4.78 is 5.30. The molecule has 0 saturated heterocycles. The van der Waals surface area contributed by atoms with Crippen LogP contribution in [0, 0.1) is 0 Å². The number of hydrogen-bond donors (Lipinski definition) is 1. The van der Waals surface area contributed by atoms with Crippen LogP contribution in [-0.2, 0) is 16.1 Å². The van der Waals surface area contributed by atoms with Gasteiger partial charge in [0.25, 0.3) is 0 Å². The smallest absolute Gasteiger partial charge is 0.246 e. The Bertz CT molecular complexity index is 377. The molecule has 1 aromatic rings. The predicted molar refractivity (Wildman–Crippen MR) is 78.4 cm³/mol. The van der Waals surface area contributed by atoms with E-state index in [1.807, 2.05) is 5.38 Å². The van der Waals surface area contributed by atoms with E-state index in [9.17, 15) is 4.79 Å². The van der Waals surface area contributed by atoms with Gasteiger partial charge in [-0.2, -0.15) is 0 Å². The molecule has 1 N–H and O–H groups in total. The molecule has 4 nitrogen and oxygen atoms in total. The molecule has 1 amide bonds. The first-order chi connectivity index (χ1) is 9.13. The molecule has 0 unspecified atom stereocenters. The zero-order valence-corrected chi connectivity index (χ0v) is 12.9. The van der Waals surface area contributed by atoms with Crippen LogP contribution in [-0.4, -0.2) is 24.1 Å². The van der Waals surface area contributed by atoms with Crippen LogP contribution in [0.5, 0.6) is 0 Å². The molecule has 5 heteroatoms. The number of carbonyl (C=O) groups excluding carboxylic acids is 1. The molecule has 1 aromatic heterocycles. The van der Waals surface area contributed by atoms with E-state index in [0.717, 1.165) is 30.0 Å². The molecule has 19 heavy (non-hydrogen) atoms. The number of nitrogens with zero attached hydrogens (tertiary/aromatic N) is 1. The second kappa shape index (κ2) is 9.04. The third kappa shape index (κ3) is 6.68. The highest BCUT2D eigenvalue weighted by molar-refractivity contribution is 7.09. The number of amides is 1. The molecule has 108 valence electrons. The average Bonchev–Trinajstić information content (AvgIpc) is 2.85.